The second kappa shape index (κ2) is 6.12. The molecule has 3 nitrogen and oxygen atoms in total. The minimum atomic E-state index is -0.323. The summed E-state index contributed by atoms with van der Waals surface area (Å²) in [6, 6.07) is 3.20. The van der Waals surface area contributed by atoms with Crippen LogP contribution >= 0.6 is 23.2 Å². The summed E-state index contributed by atoms with van der Waals surface area (Å²) < 4.78 is 10.2. The predicted octanol–water partition coefficient (Wildman–Crippen LogP) is 3.50. The molecule has 0 saturated heterocycles. The van der Waals surface area contributed by atoms with Crippen LogP contribution in [0.2, 0.25) is 10.0 Å². The van der Waals surface area contributed by atoms with Crippen LogP contribution in [0.25, 0.3) is 0 Å². The van der Waals surface area contributed by atoms with Gasteiger partial charge in [-0.05, 0) is 19.9 Å². The van der Waals surface area contributed by atoms with Gasteiger partial charge in [0.15, 0.2) is 0 Å². The lowest BCUT2D eigenvalue weighted by Gasteiger charge is -2.11. The SMILES string of the molecule is COc1cc(Cl)c(Cl)cc1CC(=O)OC(C)C. The number of halogens is 2. The Labute approximate surface area is 111 Å². The van der Waals surface area contributed by atoms with Gasteiger partial charge >= 0.3 is 5.97 Å². The Morgan fingerprint density at radius 2 is 1.88 bits per heavy atom. The van der Waals surface area contributed by atoms with Crippen LogP contribution in [-0.2, 0) is 16.0 Å². The second-order valence-corrected chi connectivity index (χ2v) is 4.61. The number of hydrogen-bond acceptors (Lipinski definition) is 3. The van der Waals surface area contributed by atoms with E-state index < -0.39 is 0 Å². The average molecular weight is 277 g/mol. The maximum absolute atomic E-state index is 11.5. The van der Waals surface area contributed by atoms with E-state index in [-0.39, 0.29) is 18.5 Å². The van der Waals surface area contributed by atoms with Gasteiger partial charge in [0, 0.05) is 11.6 Å². The van der Waals surface area contributed by atoms with Crippen molar-refractivity contribution in [1.29, 1.82) is 0 Å². The second-order valence-electron chi connectivity index (χ2n) is 3.79. The molecule has 0 unspecified atom stereocenters. The van der Waals surface area contributed by atoms with E-state index >= 15 is 0 Å². The molecule has 0 N–H and O–H groups in total. The highest BCUT2D eigenvalue weighted by Crippen LogP contribution is 2.30. The fraction of sp³-hybridized carbons (Fsp3) is 0.417. The van der Waals surface area contributed by atoms with E-state index in [4.69, 9.17) is 32.7 Å². The molecule has 1 rings (SSSR count). The molecule has 0 atom stereocenters. The van der Waals surface area contributed by atoms with Gasteiger partial charge in [0.2, 0.25) is 0 Å². The highest BCUT2D eigenvalue weighted by atomic mass is 35.5. The third kappa shape index (κ3) is 4.10. The van der Waals surface area contributed by atoms with E-state index in [9.17, 15) is 4.79 Å². The monoisotopic (exact) mass is 276 g/mol. The van der Waals surface area contributed by atoms with E-state index in [2.05, 4.69) is 0 Å². The van der Waals surface area contributed by atoms with Gasteiger partial charge in [-0.3, -0.25) is 4.79 Å². The predicted molar refractivity (Wildman–Crippen MR) is 67.9 cm³/mol. The van der Waals surface area contributed by atoms with Gasteiger partial charge in [0.05, 0.1) is 29.7 Å². The van der Waals surface area contributed by atoms with Gasteiger partial charge in [-0.1, -0.05) is 23.2 Å². The fourth-order valence-electron chi connectivity index (χ4n) is 1.36. The van der Waals surface area contributed by atoms with Crippen molar-refractivity contribution in [2.75, 3.05) is 7.11 Å². The third-order valence-corrected chi connectivity index (χ3v) is 2.75. The molecule has 0 heterocycles. The zero-order valence-corrected chi connectivity index (χ0v) is 11.4. The lowest BCUT2D eigenvalue weighted by atomic mass is 10.1. The quantitative estimate of drug-likeness (QED) is 0.790. The van der Waals surface area contributed by atoms with Crippen molar-refractivity contribution in [1.82, 2.24) is 0 Å². The number of ether oxygens (including phenoxy) is 2. The maximum atomic E-state index is 11.5. The van der Waals surface area contributed by atoms with Crippen molar-refractivity contribution in [2.24, 2.45) is 0 Å². The summed E-state index contributed by atoms with van der Waals surface area (Å²) in [5, 5.41) is 0.782. The summed E-state index contributed by atoms with van der Waals surface area (Å²) in [6.07, 6.45) is -0.0330. The zero-order valence-electron chi connectivity index (χ0n) is 9.92. The van der Waals surface area contributed by atoms with E-state index in [1.165, 1.54) is 7.11 Å². The molecular weight excluding hydrogens is 263 g/mol. The number of hydrogen-bond donors (Lipinski definition) is 0. The first-order valence-corrected chi connectivity index (χ1v) is 5.91. The number of rotatable bonds is 4. The molecule has 1 aromatic rings. The van der Waals surface area contributed by atoms with Gasteiger partial charge in [-0.25, -0.2) is 0 Å². The van der Waals surface area contributed by atoms with E-state index in [0.29, 0.717) is 21.4 Å². The highest BCUT2D eigenvalue weighted by Gasteiger charge is 2.13. The molecule has 0 aliphatic heterocycles. The van der Waals surface area contributed by atoms with Gasteiger partial charge in [0.1, 0.15) is 5.75 Å². The maximum Gasteiger partial charge on any atom is 0.310 e. The van der Waals surface area contributed by atoms with Crippen LogP contribution in [0, 0.1) is 0 Å². The first-order valence-electron chi connectivity index (χ1n) is 5.15. The van der Waals surface area contributed by atoms with Gasteiger partial charge in [0.25, 0.3) is 0 Å². The van der Waals surface area contributed by atoms with Gasteiger partial charge < -0.3 is 9.47 Å². The molecule has 0 radical (unpaired) electrons. The molecular formula is C12H14Cl2O3. The van der Waals surface area contributed by atoms with Crippen molar-refractivity contribution in [3.63, 3.8) is 0 Å². The van der Waals surface area contributed by atoms with Crippen molar-refractivity contribution < 1.29 is 14.3 Å². The summed E-state index contributed by atoms with van der Waals surface area (Å²) >= 11 is 11.7. The van der Waals surface area contributed by atoms with Crippen LogP contribution in [0.5, 0.6) is 5.75 Å². The summed E-state index contributed by atoms with van der Waals surface area (Å²) in [7, 11) is 1.51. The molecule has 5 heteroatoms. The molecule has 17 heavy (non-hydrogen) atoms. The van der Waals surface area contributed by atoms with Crippen LogP contribution in [0.15, 0.2) is 12.1 Å². The van der Waals surface area contributed by atoms with Crippen LogP contribution in [0.1, 0.15) is 19.4 Å². The Morgan fingerprint density at radius 3 is 2.41 bits per heavy atom. The largest absolute Gasteiger partial charge is 0.496 e. The standard InChI is InChI=1S/C12H14Cl2O3/c1-7(2)17-12(15)5-8-4-9(13)10(14)6-11(8)16-3/h4,6-7H,5H2,1-3H3. The minimum absolute atomic E-state index is 0.109. The van der Waals surface area contributed by atoms with E-state index in [0.717, 1.165) is 0 Å². The summed E-state index contributed by atoms with van der Waals surface area (Å²) in [6.45, 7) is 3.59. The fourth-order valence-corrected chi connectivity index (χ4v) is 1.70. The van der Waals surface area contributed by atoms with Crippen molar-refractivity contribution >= 4 is 29.2 Å². The number of esters is 1. The molecule has 0 bridgehead atoms. The van der Waals surface area contributed by atoms with Crippen LogP contribution in [-0.4, -0.2) is 19.2 Å². The third-order valence-electron chi connectivity index (χ3n) is 2.03. The van der Waals surface area contributed by atoms with Crippen LogP contribution in [0.3, 0.4) is 0 Å². The normalized spacial score (nSPS) is 10.5. The topological polar surface area (TPSA) is 35.5 Å². The number of benzene rings is 1. The lowest BCUT2D eigenvalue weighted by Crippen LogP contribution is -2.14. The molecule has 0 fully saturated rings. The molecule has 0 aromatic heterocycles. The number of carbonyl (C=O) groups is 1. The summed E-state index contributed by atoms with van der Waals surface area (Å²) in [5.41, 5.74) is 0.660. The number of carbonyl (C=O) groups excluding carboxylic acids is 1. The summed E-state index contributed by atoms with van der Waals surface area (Å²) in [4.78, 5) is 11.5. The molecule has 0 amide bonds. The lowest BCUT2D eigenvalue weighted by molar-refractivity contribution is -0.146. The first kappa shape index (κ1) is 14.1. The van der Waals surface area contributed by atoms with Gasteiger partial charge in [-0.2, -0.15) is 0 Å². The summed E-state index contributed by atoms with van der Waals surface area (Å²) in [5.74, 6) is 0.205. The molecule has 0 saturated carbocycles. The Morgan fingerprint density at radius 1 is 1.29 bits per heavy atom. The van der Waals surface area contributed by atoms with Crippen molar-refractivity contribution in [3.05, 3.63) is 27.7 Å². The average Bonchev–Trinajstić information content (AvgIpc) is 2.21. The molecule has 0 aliphatic rings. The van der Waals surface area contributed by atoms with Crippen LogP contribution < -0.4 is 4.74 Å². The van der Waals surface area contributed by atoms with E-state index in [1.807, 2.05) is 0 Å². The minimum Gasteiger partial charge on any atom is -0.496 e. The smallest absolute Gasteiger partial charge is 0.310 e. The zero-order chi connectivity index (χ0) is 13.0. The Kier molecular flexibility index (Phi) is 5.09. The van der Waals surface area contributed by atoms with Crippen LogP contribution in [0.4, 0.5) is 0 Å². The first-order chi connectivity index (χ1) is 7.93. The van der Waals surface area contributed by atoms with Gasteiger partial charge in [-0.15, -0.1) is 0 Å². The van der Waals surface area contributed by atoms with Crippen molar-refractivity contribution in [3.8, 4) is 5.75 Å². The molecule has 94 valence electrons. The molecule has 1 aromatic carbocycles. The Bertz CT molecular complexity index is 416. The number of methoxy groups -OCH3 is 1. The molecule has 0 aliphatic carbocycles. The highest BCUT2D eigenvalue weighted by molar-refractivity contribution is 6.42. The van der Waals surface area contributed by atoms with Crippen molar-refractivity contribution in [2.45, 2.75) is 26.4 Å². The Hall–Kier alpha value is -0.930. The molecule has 0 spiro atoms. The Balaban J connectivity index is 2.90. The van der Waals surface area contributed by atoms with E-state index in [1.54, 1.807) is 26.0 Å².